The SMILES string of the molecule is CC[Si](CC)(CC)O[C@@H]1[C@@H](OC(=O)c2ccc(OC)cc2)[C@H](O[C@@H]2[C@@H](OC(C)=O)[C@@H](OC(=N)C(Cl)(Cl)Cl)OC[C@@H]2O[Si](CC)(CC)CC)OC[C@H]1O[Si](CC)(CC)CC. The Hall–Kier alpha value is -1.29. The topological polar surface area (TPSA) is 150 Å². The molecule has 0 aliphatic carbocycles. The van der Waals surface area contributed by atoms with Crippen molar-refractivity contribution in [2.75, 3.05) is 20.3 Å². The maximum absolute atomic E-state index is 14.2. The van der Waals surface area contributed by atoms with Crippen LogP contribution in [0.25, 0.3) is 0 Å². The average molecular weight is 946 g/mol. The number of nitrogens with one attached hydrogen (secondary N) is 1. The predicted molar refractivity (Wildman–Crippen MR) is 237 cm³/mol. The van der Waals surface area contributed by atoms with E-state index in [9.17, 15) is 9.59 Å². The van der Waals surface area contributed by atoms with Crippen LogP contribution >= 0.6 is 34.8 Å². The minimum absolute atomic E-state index is 0.0741. The number of carbonyl (C=O) groups is 2. The normalized spacial score (nSPS) is 25.6. The van der Waals surface area contributed by atoms with Crippen molar-refractivity contribution in [3.63, 3.8) is 0 Å². The van der Waals surface area contributed by atoms with Crippen molar-refractivity contribution >= 4 is 77.6 Å². The highest BCUT2D eigenvalue weighted by atomic mass is 35.6. The van der Waals surface area contributed by atoms with Gasteiger partial charge in [-0.25, -0.2) is 4.79 Å². The standard InChI is InChI=1S/C40H68Cl3NO12Si3/c1-12-57(13-2,14-3)54-30-25-49-38(53-39(44)40(41,42)43)34(50-27(10)45)32(30)52-37-35(51-36(46)28-21-23-29(47-11)24-22-28)33(56-59(18-7,19-8)20-9)31(26-48-37)55-58(15-4,16-5)17-6/h21-24,30-35,37-38,44H,12-20,25-26H2,1-11H3/t30-,31+,32-,33-,34+,35+,37-,38+/m0/s1. The number of hydrogen-bond acceptors (Lipinski definition) is 13. The zero-order chi connectivity index (χ0) is 44.2. The largest absolute Gasteiger partial charge is 0.497 e. The van der Waals surface area contributed by atoms with Crippen molar-refractivity contribution in [3.8, 4) is 5.75 Å². The van der Waals surface area contributed by atoms with E-state index in [-0.39, 0.29) is 18.8 Å². The summed E-state index contributed by atoms with van der Waals surface area (Å²) in [5.41, 5.74) is 0.282. The maximum Gasteiger partial charge on any atom is 0.338 e. The first-order chi connectivity index (χ1) is 27.9. The molecule has 19 heteroatoms. The van der Waals surface area contributed by atoms with Crippen molar-refractivity contribution in [1.82, 2.24) is 0 Å². The second-order valence-electron chi connectivity index (χ2n) is 15.2. The first-order valence-electron chi connectivity index (χ1n) is 21.2. The van der Waals surface area contributed by atoms with Crippen LogP contribution in [0.5, 0.6) is 5.75 Å². The summed E-state index contributed by atoms with van der Waals surface area (Å²) in [5.74, 6) is -1.48. The molecule has 0 amide bonds. The Balaban J connectivity index is 2.27. The Kier molecular flexibility index (Phi) is 20.7. The Morgan fingerprint density at radius 1 is 0.644 bits per heavy atom. The number of esters is 2. The average Bonchev–Trinajstić information content (AvgIpc) is 3.23. The van der Waals surface area contributed by atoms with Gasteiger partial charge < -0.3 is 46.4 Å². The molecule has 1 N–H and O–H groups in total. The number of alkyl halides is 3. The third-order valence-electron chi connectivity index (χ3n) is 12.4. The Morgan fingerprint density at radius 2 is 1.07 bits per heavy atom. The lowest BCUT2D eigenvalue weighted by atomic mass is 10.0. The molecule has 2 heterocycles. The molecule has 2 aliphatic rings. The lowest BCUT2D eigenvalue weighted by Crippen LogP contribution is -2.66. The maximum atomic E-state index is 14.2. The fraction of sp³-hybridized carbons (Fsp3) is 0.775. The van der Waals surface area contributed by atoms with Gasteiger partial charge in [0.2, 0.25) is 12.2 Å². The van der Waals surface area contributed by atoms with Crippen LogP contribution in [0.2, 0.25) is 54.4 Å². The van der Waals surface area contributed by atoms with Gasteiger partial charge in [0, 0.05) is 6.92 Å². The number of rotatable bonds is 22. The molecule has 3 rings (SSSR count). The van der Waals surface area contributed by atoms with E-state index in [1.54, 1.807) is 31.4 Å². The Morgan fingerprint density at radius 3 is 1.49 bits per heavy atom. The van der Waals surface area contributed by atoms with Crippen molar-refractivity contribution in [2.24, 2.45) is 0 Å². The van der Waals surface area contributed by atoms with Gasteiger partial charge in [0.05, 0.1) is 38.1 Å². The molecular formula is C40H68Cl3NO12Si3. The van der Waals surface area contributed by atoms with E-state index >= 15 is 0 Å². The molecule has 338 valence electrons. The van der Waals surface area contributed by atoms with Crippen LogP contribution in [0.4, 0.5) is 0 Å². The number of hydrogen-bond donors (Lipinski definition) is 1. The number of methoxy groups -OCH3 is 1. The summed E-state index contributed by atoms with van der Waals surface area (Å²) in [6.45, 7) is 20.4. The molecule has 0 aromatic heterocycles. The van der Waals surface area contributed by atoms with E-state index in [1.807, 2.05) is 0 Å². The van der Waals surface area contributed by atoms with E-state index in [0.717, 1.165) is 54.4 Å². The molecule has 1 aromatic carbocycles. The van der Waals surface area contributed by atoms with Gasteiger partial charge in [-0.15, -0.1) is 0 Å². The van der Waals surface area contributed by atoms with Gasteiger partial charge in [0.1, 0.15) is 18.0 Å². The van der Waals surface area contributed by atoms with Crippen molar-refractivity contribution in [2.45, 2.75) is 177 Å². The molecule has 1 aromatic rings. The summed E-state index contributed by atoms with van der Waals surface area (Å²) in [4.78, 5) is 27.1. The summed E-state index contributed by atoms with van der Waals surface area (Å²) in [5, 5.41) is 8.36. The number of benzene rings is 1. The fourth-order valence-electron chi connectivity index (χ4n) is 7.84. The van der Waals surface area contributed by atoms with E-state index in [4.69, 9.17) is 86.6 Å². The van der Waals surface area contributed by atoms with Crippen LogP contribution in [-0.4, -0.2) is 116 Å². The summed E-state index contributed by atoms with van der Waals surface area (Å²) >= 11 is 18.1. The predicted octanol–water partition coefficient (Wildman–Crippen LogP) is 9.79. The smallest absolute Gasteiger partial charge is 0.338 e. The first kappa shape index (κ1) is 52.1. The van der Waals surface area contributed by atoms with E-state index in [2.05, 4.69) is 62.3 Å². The first-order valence-corrected chi connectivity index (χ1v) is 29.9. The molecule has 2 aliphatic heterocycles. The number of ether oxygens (including phenoxy) is 7. The monoisotopic (exact) mass is 943 g/mol. The Labute approximate surface area is 369 Å². The lowest BCUT2D eigenvalue weighted by Gasteiger charge is -2.50. The Bertz CT molecular complexity index is 1460. The van der Waals surface area contributed by atoms with Crippen LogP contribution in [0.1, 0.15) is 79.6 Å². The molecule has 0 saturated carbocycles. The van der Waals surface area contributed by atoms with Gasteiger partial charge in [-0.1, -0.05) is 97.1 Å². The molecule has 0 bridgehead atoms. The lowest BCUT2D eigenvalue weighted by molar-refractivity contribution is -0.324. The highest BCUT2D eigenvalue weighted by Crippen LogP contribution is 2.39. The summed E-state index contributed by atoms with van der Waals surface area (Å²) in [6, 6.07) is 14.1. The number of halogens is 3. The van der Waals surface area contributed by atoms with Gasteiger partial charge in [0.25, 0.3) is 3.79 Å². The summed E-state index contributed by atoms with van der Waals surface area (Å²) < 4.78 is 62.5. The third-order valence-corrected chi connectivity index (χ3v) is 26.9. The highest BCUT2D eigenvalue weighted by molar-refractivity contribution is 6.76. The van der Waals surface area contributed by atoms with Gasteiger partial charge in [0.15, 0.2) is 43.5 Å². The molecule has 0 unspecified atom stereocenters. The number of carbonyl (C=O) groups excluding carboxylic acids is 2. The van der Waals surface area contributed by atoms with Crippen LogP contribution in [0, 0.1) is 5.41 Å². The molecular weight excluding hydrogens is 877 g/mol. The fourth-order valence-corrected chi connectivity index (χ4v) is 16.5. The van der Waals surface area contributed by atoms with Gasteiger partial charge in [-0.2, -0.15) is 0 Å². The van der Waals surface area contributed by atoms with E-state index in [1.165, 1.54) is 6.92 Å². The van der Waals surface area contributed by atoms with Crippen molar-refractivity contribution < 1.29 is 56.0 Å². The van der Waals surface area contributed by atoms with E-state index in [0.29, 0.717) is 5.75 Å². The van der Waals surface area contributed by atoms with Gasteiger partial charge >= 0.3 is 11.9 Å². The van der Waals surface area contributed by atoms with Crippen molar-refractivity contribution in [3.05, 3.63) is 29.8 Å². The second-order valence-corrected chi connectivity index (χ2v) is 31.7. The molecule has 13 nitrogen and oxygen atoms in total. The van der Waals surface area contributed by atoms with Crippen LogP contribution < -0.4 is 4.74 Å². The van der Waals surface area contributed by atoms with Crippen molar-refractivity contribution in [1.29, 1.82) is 5.41 Å². The minimum Gasteiger partial charge on any atom is -0.497 e. The summed E-state index contributed by atoms with van der Waals surface area (Å²) in [7, 11) is -5.55. The quantitative estimate of drug-likeness (QED) is 0.0388. The summed E-state index contributed by atoms with van der Waals surface area (Å²) in [6.07, 6.45) is -8.54. The van der Waals surface area contributed by atoms with E-state index < -0.39 is 95.8 Å². The molecule has 2 saturated heterocycles. The van der Waals surface area contributed by atoms with Gasteiger partial charge in [-0.3, -0.25) is 10.2 Å². The highest BCUT2D eigenvalue weighted by Gasteiger charge is 2.55. The molecule has 0 spiro atoms. The van der Waals surface area contributed by atoms with Crippen LogP contribution in [0.15, 0.2) is 24.3 Å². The molecule has 8 atom stereocenters. The third kappa shape index (κ3) is 13.4. The second kappa shape index (κ2) is 23.4. The van der Waals surface area contributed by atoms with Crippen LogP contribution in [-0.2, 0) is 46.5 Å². The minimum atomic E-state index is -2.43. The zero-order valence-electron chi connectivity index (χ0n) is 36.7. The molecule has 59 heavy (non-hydrogen) atoms. The zero-order valence-corrected chi connectivity index (χ0v) is 42.0. The molecule has 0 radical (unpaired) electrons. The van der Waals surface area contributed by atoms with Crippen LogP contribution in [0.3, 0.4) is 0 Å². The molecule has 2 fully saturated rings. The van der Waals surface area contributed by atoms with Gasteiger partial charge in [-0.05, 0) is 78.7 Å².